The molecule has 0 aromatic carbocycles. The van der Waals surface area contributed by atoms with Crippen LogP contribution in [0.5, 0.6) is 0 Å². The molecular weight excluding hydrogens is 222 g/mol. The van der Waals surface area contributed by atoms with Crippen molar-refractivity contribution in [3.05, 3.63) is 0 Å². The standard InChI is InChI=1S/C8H16BrNO2/c1-4-7(9)8(11)10-6(2)5-12-3/h6-7H,4-5H2,1-3H3,(H,10,11). The largest absolute Gasteiger partial charge is 0.383 e. The summed E-state index contributed by atoms with van der Waals surface area (Å²) in [6, 6.07) is 0.0779. The lowest BCUT2D eigenvalue weighted by molar-refractivity contribution is -0.121. The maximum absolute atomic E-state index is 11.2. The molecule has 0 aromatic heterocycles. The van der Waals surface area contributed by atoms with Crippen LogP contribution < -0.4 is 5.32 Å². The van der Waals surface area contributed by atoms with Gasteiger partial charge in [-0.15, -0.1) is 0 Å². The van der Waals surface area contributed by atoms with Crippen molar-refractivity contribution < 1.29 is 9.53 Å². The second kappa shape index (κ2) is 6.43. The molecule has 0 aliphatic carbocycles. The van der Waals surface area contributed by atoms with E-state index in [-0.39, 0.29) is 16.8 Å². The number of amides is 1. The summed E-state index contributed by atoms with van der Waals surface area (Å²) in [5.41, 5.74) is 0. The molecular formula is C8H16BrNO2. The van der Waals surface area contributed by atoms with E-state index in [0.717, 1.165) is 6.42 Å². The number of methoxy groups -OCH3 is 1. The highest BCUT2D eigenvalue weighted by Gasteiger charge is 2.13. The van der Waals surface area contributed by atoms with E-state index >= 15 is 0 Å². The minimum absolute atomic E-state index is 0.0297. The number of halogens is 1. The van der Waals surface area contributed by atoms with E-state index < -0.39 is 0 Å². The van der Waals surface area contributed by atoms with Gasteiger partial charge in [-0.3, -0.25) is 4.79 Å². The number of rotatable bonds is 5. The van der Waals surface area contributed by atoms with Gasteiger partial charge in [-0.25, -0.2) is 0 Å². The van der Waals surface area contributed by atoms with E-state index in [4.69, 9.17) is 4.74 Å². The van der Waals surface area contributed by atoms with Gasteiger partial charge in [-0.1, -0.05) is 22.9 Å². The average molecular weight is 238 g/mol. The zero-order valence-corrected chi connectivity index (χ0v) is 9.35. The van der Waals surface area contributed by atoms with Gasteiger partial charge >= 0.3 is 0 Å². The highest BCUT2D eigenvalue weighted by molar-refractivity contribution is 9.10. The minimum atomic E-state index is -0.0863. The Morgan fingerprint density at radius 3 is 2.67 bits per heavy atom. The van der Waals surface area contributed by atoms with Crippen molar-refractivity contribution >= 4 is 21.8 Å². The summed E-state index contributed by atoms with van der Waals surface area (Å²) < 4.78 is 4.89. The summed E-state index contributed by atoms with van der Waals surface area (Å²) in [6.45, 7) is 4.42. The first kappa shape index (κ1) is 11.9. The van der Waals surface area contributed by atoms with Crippen LogP contribution in [-0.4, -0.2) is 30.5 Å². The van der Waals surface area contributed by atoms with Crippen molar-refractivity contribution in [2.75, 3.05) is 13.7 Å². The topological polar surface area (TPSA) is 38.3 Å². The van der Waals surface area contributed by atoms with Gasteiger partial charge in [0.25, 0.3) is 0 Å². The molecule has 0 spiro atoms. The number of hydrogen-bond acceptors (Lipinski definition) is 2. The van der Waals surface area contributed by atoms with Crippen LogP contribution in [0.2, 0.25) is 0 Å². The molecule has 0 fully saturated rings. The first-order chi connectivity index (χ1) is 5.61. The van der Waals surface area contributed by atoms with E-state index in [9.17, 15) is 4.79 Å². The van der Waals surface area contributed by atoms with Crippen molar-refractivity contribution in [1.29, 1.82) is 0 Å². The summed E-state index contributed by atoms with van der Waals surface area (Å²) in [5.74, 6) is 0.0297. The van der Waals surface area contributed by atoms with Crippen molar-refractivity contribution in [3.8, 4) is 0 Å². The summed E-state index contributed by atoms with van der Waals surface area (Å²) in [4.78, 5) is 11.2. The highest BCUT2D eigenvalue weighted by Crippen LogP contribution is 2.04. The first-order valence-corrected chi connectivity index (χ1v) is 4.96. The third kappa shape index (κ3) is 4.72. The van der Waals surface area contributed by atoms with Crippen LogP contribution in [0.4, 0.5) is 0 Å². The lowest BCUT2D eigenvalue weighted by atomic mass is 10.3. The molecule has 0 aliphatic rings. The summed E-state index contributed by atoms with van der Waals surface area (Å²) in [6.07, 6.45) is 0.797. The van der Waals surface area contributed by atoms with Crippen molar-refractivity contribution in [2.45, 2.75) is 31.1 Å². The normalized spacial score (nSPS) is 15.3. The highest BCUT2D eigenvalue weighted by atomic mass is 79.9. The van der Waals surface area contributed by atoms with E-state index in [0.29, 0.717) is 6.61 Å². The van der Waals surface area contributed by atoms with Gasteiger partial charge in [0.2, 0.25) is 5.91 Å². The number of nitrogens with one attached hydrogen (secondary N) is 1. The van der Waals surface area contributed by atoms with Gasteiger partial charge in [0.1, 0.15) is 0 Å². The Labute approximate surface area is 82.0 Å². The van der Waals surface area contributed by atoms with Gasteiger partial charge in [0.05, 0.1) is 11.4 Å². The molecule has 0 saturated heterocycles. The molecule has 2 unspecified atom stereocenters. The van der Waals surface area contributed by atoms with E-state index in [1.165, 1.54) is 0 Å². The van der Waals surface area contributed by atoms with Crippen LogP contribution in [-0.2, 0) is 9.53 Å². The number of ether oxygens (including phenoxy) is 1. The maximum Gasteiger partial charge on any atom is 0.234 e. The fourth-order valence-corrected chi connectivity index (χ4v) is 0.943. The molecule has 4 heteroatoms. The van der Waals surface area contributed by atoms with Crippen molar-refractivity contribution in [3.63, 3.8) is 0 Å². The average Bonchev–Trinajstić information content (AvgIpc) is 2.03. The maximum atomic E-state index is 11.2. The first-order valence-electron chi connectivity index (χ1n) is 4.05. The Balaban J connectivity index is 3.67. The number of carbonyl (C=O) groups is 1. The van der Waals surface area contributed by atoms with Gasteiger partial charge in [-0.2, -0.15) is 0 Å². The lowest BCUT2D eigenvalue weighted by Gasteiger charge is -2.14. The van der Waals surface area contributed by atoms with Gasteiger partial charge in [0, 0.05) is 13.2 Å². The van der Waals surface area contributed by atoms with Crippen LogP contribution in [0, 0.1) is 0 Å². The minimum Gasteiger partial charge on any atom is -0.383 e. The van der Waals surface area contributed by atoms with Crippen LogP contribution in [0.25, 0.3) is 0 Å². The van der Waals surface area contributed by atoms with E-state index in [2.05, 4.69) is 21.2 Å². The predicted molar refractivity (Wildman–Crippen MR) is 52.5 cm³/mol. The second-order valence-electron chi connectivity index (χ2n) is 2.74. The summed E-state index contributed by atoms with van der Waals surface area (Å²) in [7, 11) is 1.62. The molecule has 0 aromatic rings. The van der Waals surface area contributed by atoms with Gasteiger partial charge in [0.15, 0.2) is 0 Å². The SMILES string of the molecule is CCC(Br)C(=O)NC(C)COC. The summed E-state index contributed by atoms with van der Waals surface area (Å²) >= 11 is 3.27. The molecule has 0 heterocycles. The van der Waals surface area contributed by atoms with Crippen LogP contribution in [0.15, 0.2) is 0 Å². The summed E-state index contributed by atoms with van der Waals surface area (Å²) in [5, 5.41) is 2.82. The van der Waals surface area contributed by atoms with Gasteiger partial charge in [-0.05, 0) is 13.3 Å². The molecule has 0 aliphatic heterocycles. The molecule has 12 heavy (non-hydrogen) atoms. The molecule has 2 atom stereocenters. The second-order valence-corrected chi connectivity index (χ2v) is 3.85. The Kier molecular flexibility index (Phi) is 6.38. The smallest absolute Gasteiger partial charge is 0.234 e. The van der Waals surface area contributed by atoms with Crippen LogP contribution in [0.3, 0.4) is 0 Å². The molecule has 1 amide bonds. The Morgan fingerprint density at radius 1 is 1.67 bits per heavy atom. The number of hydrogen-bond donors (Lipinski definition) is 1. The quantitative estimate of drug-likeness (QED) is 0.733. The molecule has 0 rings (SSSR count). The van der Waals surface area contributed by atoms with Gasteiger partial charge < -0.3 is 10.1 Å². The third-order valence-corrected chi connectivity index (χ3v) is 2.51. The van der Waals surface area contributed by atoms with Crippen LogP contribution >= 0.6 is 15.9 Å². The molecule has 0 saturated carbocycles. The Bertz CT molecular complexity index is 141. The predicted octanol–water partition coefficient (Wildman–Crippen LogP) is 1.31. The monoisotopic (exact) mass is 237 g/mol. The Morgan fingerprint density at radius 2 is 2.25 bits per heavy atom. The van der Waals surface area contributed by atoms with E-state index in [1.54, 1.807) is 7.11 Å². The lowest BCUT2D eigenvalue weighted by Crippen LogP contribution is -2.39. The fourth-order valence-electron chi connectivity index (χ4n) is 0.810. The molecule has 72 valence electrons. The van der Waals surface area contributed by atoms with Crippen molar-refractivity contribution in [2.24, 2.45) is 0 Å². The Hall–Kier alpha value is -0.0900. The zero-order valence-electron chi connectivity index (χ0n) is 7.76. The molecule has 3 nitrogen and oxygen atoms in total. The van der Waals surface area contributed by atoms with Crippen LogP contribution in [0.1, 0.15) is 20.3 Å². The van der Waals surface area contributed by atoms with E-state index in [1.807, 2.05) is 13.8 Å². The molecule has 0 bridgehead atoms. The third-order valence-electron chi connectivity index (χ3n) is 1.45. The number of alkyl halides is 1. The van der Waals surface area contributed by atoms with Crippen molar-refractivity contribution in [1.82, 2.24) is 5.32 Å². The zero-order chi connectivity index (χ0) is 9.56. The number of carbonyl (C=O) groups excluding carboxylic acids is 1. The molecule has 0 radical (unpaired) electrons. The molecule has 1 N–H and O–H groups in total. The fraction of sp³-hybridized carbons (Fsp3) is 0.875.